The van der Waals surface area contributed by atoms with Crippen LogP contribution in [-0.2, 0) is 5.41 Å². The number of anilines is 1. The molecule has 1 aliphatic carbocycles. The normalized spacial score (nSPS) is 34.0. The number of ether oxygens (including phenoxy) is 1. The number of phenolic OH excluding ortho intramolecular Hbond substituents is 1. The molecule has 0 aromatic heterocycles. The molecule has 1 spiro atoms. The molecule has 3 atom stereocenters. The van der Waals surface area contributed by atoms with Crippen LogP contribution in [0.15, 0.2) is 24.3 Å². The zero-order valence-corrected chi connectivity index (χ0v) is 11.0. The van der Waals surface area contributed by atoms with Crippen molar-refractivity contribution >= 4 is 5.69 Å². The summed E-state index contributed by atoms with van der Waals surface area (Å²) in [5.74, 6) is 1.00. The molecule has 4 heteroatoms. The van der Waals surface area contributed by atoms with Crippen LogP contribution in [0.5, 0.6) is 11.5 Å². The van der Waals surface area contributed by atoms with Gasteiger partial charge in [0, 0.05) is 18.5 Å². The highest BCUT2D eigenvalue weighted by atomic mass is 16.5. The standard InChI is InChI=1S/C14H14N2O2.C2H2/c17-9-5-4-8-12-13(9)18-11-3-1-2-10-14(11,12)6-7-15-16(8)10;1-2/h1-2,4-5,10-11,15,17H,3,6-7H2;1-2H/t10-,11+,14-;/m1./s1. The van der Waals surface area contributed by atoms with Gasteiger partial charge in [-0.2, -0.15) is 0 Å². The van der Waals surface area contributed by atoms with E-state index in [0.717, 1.165) is 25.1 Å². The molecule has 3 heterocycles. The molecule has 4 aliphatic rings. The first-order valence-electron chi connectivity index (χ1n) is 6.88. The number of aromatic hydroxyl groups is 1. The second-order valence-corrected chi connectivity index (χ2v) is 5.59. The molecule has 5 rings (SSSR count). The first-order chi connectivity index (χ1) is 9.82. The van der Waals surface area contributed by atoms with Gasteiger partial charge in [-0.15, -0.1) is 12.8 Å². The lowest BCUT2D eigenvalue weighted by molar-refractivity contribution is 0.108. The number of fused-ring (bicyclic) bond motifs is 1. The third kappa shape index (κ3) is 1.05. The van der Waals surface area contributed by atoms with E-state index in [9.17, 15) is 5.11 Å². The molecule has 1 saturated heterocycles. The number of hydrazine groups is 1. The molecule has 1 aromatic carbocycles. The number of terminal acetylenes is 1. The zero-order chi connectivity index (χ0) is 13.9. The topological polar surface area (TPSA) is 44.7 Å². The third-order valence-electron chi connectivity index (χ3n) is 4.97. The molecular formula is C16H16N2O2. The fourth-order valence-electron chi connectivity index (χ4n) is 4.31. The maximum absolute atomic E-state index is 10.1. The highest BCUT2D eigenvalue weighted by molar-refractivity contribution is 5.76. The summed E-state index contributed by atoms with van der Waals surface area (Å²) in [6.07, 6.45) is 14.7. The predicted molar refractivity (Wildman–Crippen MR) is 76.7 cm³/mol. The molecule has 0 radical (unpaired) electrons. The van der Waals surface area contributed by atoms with Crippen LogP contribution in [0.2, 0.25) is 0 Å². The van der Waals surface area contributed by atoms with Gasteiger partial charge in [-0.05, 0) is 18.6 Å². The molecule has 1 aromatic rings. The number of nitrogens with zero attached hydrogens (tertiary/aromatic N) is 1. The first kappa shape index (κ1) is 11.7. The number of nitrogens with one attached hydrogen (secondary N) is 1. The number of hydrogen-bond acceptors (Lipinski definition) is 4. The lowest BCUT2D eigenvalue weighted by atomic mass is 9.67. The molecular weight excluding hydrogens is 252 g/mol. The number of phenols is 1. The van der Waals surface area contributed by atoms with Crippen molar-refractivity contribution in [3.63, 3.8) is 0 Å². The second-order valence-electron chi connectivity index (χ2n) is 5.59. The van der Waals surface area contributed by atoms with E-state index in [4.69, 9.17) is 4.74 Å². The van der Waals surface area contributed by atoms with Gasteiger partial charge in [-0.25, -0.2) is 5.43 Å². The fourth-order valence-corrected chi connectivity index (χ4v) is 4.31. The van der Waals surface area contributed by atoms with E-state index in [1.165, 1.54) is 11.3 Å². The molecule has 3 aliphatic heterocycles. The van der Waals surface area contributed by atoms with Crippen molar-refractivity contribution in [2.75, 3.05) is 11.6 Å². The Hall–Kier alpha value is -2.12. The van der Waals surface area contributed by atoms with Crippen LogP contribution >= 0.6 is 0 Å². The van der Waals surface area contributed by atoms with Crippen molar-refractivity contribution in [3.05, 3.63) is 29.8 Å². The van der Waals surface area contributed by atoms with Crippen LogP contribution in [0.1, 0.15) is 18.4 Å². The zero-order valence-electron chi connectivity index (χ0n) is 11.0. The van der Waals surface area contributed by atoms with Crippen molar-refractivity contribution in [2.24, 2.45) is 0 Å². The van der Waals surface area contributed by atoms with Crippen molar-refractivity contribution in [3.8, 4) is 24.3 Å². The van der Waals surface area contributed by atoms with Gasteiger partial charge in [0.05, 0.1) is 17.1 Å². The van der Waals surface area contributed by atoms with Crippen LogP contribution in [0.25, 0.3) is 0 Å². The van der Waals surface area contributed by atoms with Gasteiger partial charge in [0.2, 0.25) is 0 Å². The minimum absolute atomic E-state index is 0.0589. The maximum atomic E-state index is 10.1. The Bertz CT molecular complexity index is 637. The summed E-state index contributed by atoms with van der Waals surface area (Å²) in [7, 11) is 0. The van der Waals surface area contributed by atoms with Gasteiger partial charge in [-0.3, -0.25) is 0 Å². The number of rotatable bonds is 0. The average molecular weight is 268 g/mol. The van der Waals surface area contributed by atoms with Crippen LogP contribution in [0.3, 0.4) is 0 Å². The highest BCUT2D eigenvalue weighted by Gasteiger charge is 2.63. The fraction of sp³-hybridized carbons (Fsp3) is 0.375. The lowest BCUT2D eigenvalue weighted by Crippen LogP contribution is -2.61. The van der Waals surface area contributed by atoms with Crippen LogP contribution < -0.4 is 15.2 Å². The van der Waals surface area contributed by atoms with Gasteiger partial charge in [0.25, 0.3) is 0 Å². The van der Waals surface area contributed by atoms with E-state index in [1.54, 1.807) is 6.07 Å². The van der Waals surface area contributed by atoms with E-state index in [-0.39, 0.29) is 17.3 Å². The van der Waals surface area contributed by atoms with Gasteiger partial charge >= 0.3 is 0 Å². The minimum atomic E-state index is 0.0589. The van der Waals surface area contributed by atoms with Crippen LogP contribution in [-0.4, -0.2) is 23.8 Å². The first-order valence-corrected chi connectivity index (χ1v) is 6.88. The average Bonchev–Trinajstić information content (AvgIpc) is 2.91. The van der Waals surface area contributed by atoms with Gasteiger partial charge in [0.1, 0.15) is 6.10 Å². The van der Waals surface area contributed by atoms with Gasteiger partial charge < -0.3 is 14.9 Å². The van der Waals surface area contributed by atoms with E-state index >= 15 is 0 Å². The summed E-state index contributed by atoms with van der Waals surface area (Å²) in [5.41, 5.74) is 5.94. The van der Waals surface area contributed by atoms with Gasteiger partial charge in [0.15, 0.2) is 11.5 Å². The Balaban J connectivity index is 0.000000509. The third-order valence-corrected chi connectivity index (χ3v) is 4.97. The Labute approximate surface area is 118 Å². The molecule has 1 fully saturated rings. The van der Waals surface area contributed by atoms with Crippen molar-refractivity contribution in [2.45, 2.75) is 30.4 Å². The number of hydrogen-bond donors (Lipinski definition) is 2. The smallest absolute Gasteiger partial charge is 0.167 e. The highest BCUT2D eigenvalue weighted by Crippen LogP contribution is 2.63. The Morgan fingerprint density at radius 1 is 1.40 bits per heavy atom. The van der Waals surface area contributed by atoms with E-state index in [2.05, 4.69) is 35.4 Å². The van der Waals surface area contributed by atoms with Crippen molar-refractivity contribution < 1.29 is 9.84 Å². The van der Waals surface area contributed by atoms with Crippen molar-refractivity contribution in [1.29, 1.82) is 0 Å². The largest absolute Gasteiger partial charge is 0.504 e. The summed E-state index contributed by atoms with van der Waals surface area (Å²) in [6, 6.07) is 4.09. The Kier molecular flexibility index (Phi) is 2.17. The summed E-state index contributed by atoms with van der Waals surface area (Å²) in [4.78, 5) is 0. The predicted octanol–water partition coefficient (Wildman–Crippen LogP) is 1.70. The number of benzene rings is 1. The van der Waals surface area contributed by atoms with E-state index in [0.29, 0.717) is 6.04 Å². The molecule has 0 unspecified atom stereocenters. The van der Waals surface area contributed by atoms with Crippen LogP contribution in [0.4, 0.5) is 5.69 Å². The summed E-state index contributed by atoms with van der Waals surface area (Å²) in [5, 5.41) is 12.3. The molecule has 2 N–H and O–H groups in total. The quantitative estimate of drug-likeness (QED) is 0.555. The van der Waals surface area contributed by atoms with Gasteiger partial charge in [-0.1, -0.05) is 12.2 Å². The molecule has 0 saturated carbocycles. The summed E-state index contributed by atoms with van der Waals surface area (Å²) < 4.78 is 6.07. The monoisotopic (exact) mass is 268 g/mol. The van der Waals surface area contributed by atoms with Crippen LogP contribution in [0, 0.1) is 12.8 Å². The van der Waals surface area contributed by atoms with Crippen molar-refractivity contribution in [1.82, 2.24) is 5.43 Å². The Morgan fingerprint density at radius 3 is 3.10 bits per heavy atom. The molecule has 4 nitrogen and oxygen atoms in total. The SMILES string of the molecule is C#C.Oc1ccc2c3c1O[C@H]1CC=C[C@H]4N2NCC[C@]314. The molecule has 0 amide bonds. The molecule has 20 heavy (non-hydrogen) atoms. The maximum Gasteiger partial charge on any atom is 0.167 e. The molecule has 2 bridgehead atoms. The summed E-state index contributed by atoms with van der Waals surface area (Å²) in [6.45, 7) is 0.971. The Morgan fingerprint density at radius 2 is 2.25 bits per heavy atom. The second kappa shape index (κ2) is 3.71. The van der Waals surface area contributed by atoms with E-state index < -0.39 is 0 Å². The van der Waals surface area contributed by atoms with E-state index in [1.807, 2.05) is 6.07 Å². The lowest BCUT2D eigenvalue weighted by Gasteiger charge is -2.45. The minimum Gasteiger partial charge on any atom is -0.504 e. The molecule has 102 valence electrons. The summed E-state index contributed by atoms with van der Waals surface area (Å²) >= 11 is 0.